The van der Waals surface area contributed by atoms with Crippen molar-refractivity contribution in [1.82, 2.24) is 0 Å². The fourth-order valence-corrected chi connectivity index (χ4v) is 3.38. The number of unbranched alkanes of at least 4 members (excludes halogenated alkanes) is 9. The molecule has 3 nitrogen and oxygen atoms in total. The quantitative estimate of drug-likeness (QED) is 0.323. The summed E-state index contributed by atoms with van der Waals surface area (Å²) in [4.78, 5) is 0.238. The van der Waals surface area contributed by atoms with Crippen LogP contribution >= 0.6 is 0 Å². The van der Waals surface area contributed by atoms with Gasteiger partial charge in [0.05, 0.1) is 11.5 Å². The molecular weight excluding hydrogens is 387 g/mol. The van der Waals surface area contributed by atoms with Gasteiger partial charge in [-0.15, -0.1) is 0 Å². The average Bonchev–Trinajstić information content (AvgIpc) is 2.53. The van der Waals surface area contributed by atoms with E-state index in [4.69, 9.17) is 4.18 Å². The van der Waals surface area contributed by atoms with Crippen LogP contribution in [0.1, 0.15) is 71.1 Å². The molecule has 0 amide bonds. The van der Waals surface area contributed by atoms with Gasteiger partial charge in [-0.05, 0) is 18.6 Å². The first kappa shape index (κ1) is 23.0. The molecule has 5 heteroatoms. The fraction of sp³-hybridized carbons (Fsp3) is 0.667. The van der Waals surface area contributed by atoms with Crippen LogP contribution < -0.4 is 0 Å². The summed E-state index contributed by atoms with van der Waals surface area (Å²) in [7, 11) is -3.57. The largest absolute Gasteiger partial charge is 0.296 e. The van der Waals surface area contributed by atoms with Gasteiger partial charge in [0.25, 0.3) is 10.1 Å². The van der Waals surface area contributed by atoms with Crippen molar-refractivity contribution in [1.29, 1.82) is 0 Å². The second-order valence-electron chi connectivity index (χ2n) is 5.77. The van der Waals surface area contributed by atoms with Gasteiger partial charge in [0, 0.05) is 26.2 Å². The van der Waals surface area contributed by atoms with Gasteiger partial charge in [-0.3, -0.25) is 4.18 Å². The second-order valence-corrected chi connectivity index (χ2v) is 7.39. The van der Waals surface area contributed by atoms with Crippen molar-refractivity contribution in [2.24, 2.45) is 0 Å². The molecule has 0 atom stereocenters. The van der Waals surface area contributed by atoms with Crippen LogP contribution in [-0.2, 0) is 40.5 Å². The van der Waals surface area contributed by atoms with Gasteiger partial charge in [-0.1, -0.05) is 82.9 Å². The molecule has 0 saturated heterocycles. The van der Waals surface area contributed by atoms with Crippen LogP contribution in [0.3, 0.4) is 0 Å². The van der Waals surface area contributed by atoms with Gasteiger partial charge in [0.2, 0.25) is 0 Å². The van der Waals surface area contributed by atoms with Crippen molar-refractivity contribution in [3.05, 3.63) is 30.3 Å². The summed E-state index contributed by atoms with van der Waals surface area (Å²) in [6, 6.07) is 8.33. The minimum atomic E-state index is -3.57. The van der Waals surface area contributed by atoms with Crippen molar-refractivity contribution in [3.8, 4) is 0 Å². The maximum atomic E-state index is 11.9. The molecule has 1 aromatic rings. The number of hydrogen-bond donors (Lipinski definition) is 0. The van der Waals surface area contributed by atoms with Crippen molar-refractivity contribution >= 4 is 10.1 Å². The molecule has 0 saturated carbocycles. The van der Waals surface area contributed by atoms with Crippen LogP contribution in [-0.4, -0.2) is 15.0 Å². The van der Waals surface area contributed by atoms with Gasteiger partial charge in [-0.25, -0.2) is 0 Å². The van der Waals surface area contributed by atoms with Crippen LogP contribution in [0.15, 0.2) is 35.2 Å². The van der Waals surface area contributed by atoms with Crippen molar-refractivity contribution < 1.29 is 38.8 Å². The summed E-state index contributed by atoms with van der Waals surface area (Å²) in [5.74, 6) is 0. The first-order valence-electron chi connectivity index (χ1n) is 8.61. The van der Waals surface area contributed by atoms with Crippen LogP contribution in [0, 0.1) is 0 Å². The molecule has 0 spiro atoms. The predicted molar refractivity (Wildman–Crippen MR) is 91.4 cm³/mol. The summed E-state index contributed by atoms with van der Waals surface area (Å²) in [5, 5.41) is 0. The maximum Gasteiger partial charge on any atom is 0.296 e. The van der Waals surface area contributed by atoms with Crippen LogP contribution in [0.5, 0.6) is 0 Å². The molecule has 0 unspecified atom stereocenters. The topological polar surface area (TPSA) is 43.4 Å². The molecule has 0 fully saturated rings. The SMILES string of the molecule is CCCCCCCCCCCCOS(=O)(=O)c1ccccc1.[Zr]. The van der Waals surface area contributed by atoms with Crippen molar-refractivity contribution in [3.63, 3.8) is 0 Å². The Hall–Kier alpha value is 0.0131. The van der Waals surface area contributed by atoms with E-state index < -0.39 is 10.1 Å². The Labute approximate surface area is 161 Å². The molecule has 0 radical (unpaired) electrons. The molecule has 1 rings (SSSR count). The van der Waals surface area contributed by atoms with Crippen LogP contribution in [0.2, 0.25) is 0 Å². The van der Waals surface area contributed by atoms with Gasteiger partial charge < -0.3 is 0 Å². The van der Waals surface area contributed by atoms with E-state index in [1.54, 1.807) is 30.3 Å². The summed E-state index contributed by atoms with van der Waals surface area (Å²) in [5.41, 5.74) is 0. The first-order valence-corrected chi connectivity index (χ1v) is 10.0. The van der Waals surface area contributed by atoms with E-state index in [0.29, 0.717) is 0 Å². The van der Waals surface area contributed by atoms with Crippen molar-refractivity contribution in [2.75, 3.05) is 6.61 Å². The summed E-state index contributed by atoms with van der Waals surface area (Å²) in [6.07, 6.45) is 12.3. The summed E-state index contributed by atoms with van der Waals surface area (Å²) < 4.78 is 28.8. The van der Waals surface area contributed by atoms with Crippen LogP contribution in [0.4, 0.5) is 0 Å². The minimum Gasteiger partial charge on any atom is -0.266 e. The third-order valence-corrected chi connectivity index (χ3v) is 5.09. The molecular formula is C18H30O3SZr. The van der Waals surface area contributed by atoms with E-state index in [-0.39, 0.29) is 37.7 Å². The molecule has 130 valence electrons. The molecule has 0 aliphatic carbocycles. The van der Waals surface area contributed by atoms with Crippen LogP contribution in [0.25, 0.3) is 0 Å². The monoisotopic (exact) mass is 416 g/mol. The maximum absolute atomic E-state index is 11.9. The smallest absolute Gasteiger partial charge is 0.266 e. The molecule has 0 N–H and O–H groups in total. The second kappa shape index (κ2) is 14.4. The average molecular weight is 418 g/mol. The molecule has 0 bridgehead atoms. The fourth-order valence-electron chi connectivity index (χ4n) is 2.41. The number of benzene rings is 1. The van der Waals surface area contributed by atoms with E-state index in [0.717, 1.165) is 12.8 Å². The van der Waals surface area contributed by atoms with Crippen molar-refractivity contribution in [2.45, 2.75) is 76.0 Å². The minimum absolute atomic E-state index is 0. The Kier molecular flexibility index (Phi) is 14.4. The van der Waals surface area contributed by atoms with E-state index in [1.165, 1.54) is 51.4 Å². The Morgan fingerprint density at radius 2 is 1.26 bits per heavy atom. The zero-order valence-corrected chi connectivity index (χ0v) is 17.6. The Balaban J connectivity index is 0.00000484. The standard InChI is InChI=1S/C18H30O3S.Zr/c1-2-3-4-5-6-7-8-9-10-14-17-21-22(19,20)18-15-12-11-13-16-18;/h11-13,15-16H,2-10,14,17H2,1H3;. The zero-order valence-electron chi connectivity index (χ0n) is 14.3. The molecule has 23 heavy (non-hydrogen) atoms. The van der Waals surface area contributed by atoms with Gasteiger partial charge in [0.15, 0.2) is 0 Å². The predicted octanol–water partition coefficient (Wildman–Crippen LogP) is 5.31. The molecule has 0 aliphatic rings. The first-order chi connectivity index (χ1) is 10.7. The number of hydrogen-bond acceptors (Lipinski definition) is 3. The van der Waals surface area contributed by atoms with Gasteiger partial charge >= 0.3 is 0 Å². The molecule has 0 aliphatic heterocycles. The zero-order chi connectivity index (χ0) is 16.1. The molecule has 0 aromatic heterocycles. The van der Waals surface area contributed by atoms with E-state index in [2.05, 4.69) is 6.92 Å². The normalized spacial score (nSPS) is 11.2. The Morgan fingerprint density at radius 1 is 0.783 bits per heavy atom. The third-order valence-electron chi connectivity index (χ3n) is 3.77. The van der Waals surface area contributed by atoms with Gasteiger partial charge in [-0.2, -0.15) is 8.42 Å². The van der Waals surface area contributed by atoms with E-state index >= 15 is 0 Å². The summed E-state index contributed by atoms with van der Waals surface area (Å²) >= 11 is 0. The van der Waals surface area contributed by atoms with E-state index in [9.17, 15) is 8.42 Å². The Morgan fingerprint density at radius 3 is 1.78 bits per heavy atom. The Bertz CT molecular complexity index is 474. The van der Waals surface area contributed by atoms with Gasteiger partial charge in [0.1, 0.15) is 0 Å². The summed E-state index contributed by atoms with van der Waals surface area (Å²) in [6.45, 7) is 2.52. The number of rotatable bonds is 13. The molecule has 1 aromatic carbocycles. The molecule has 0 heterocycles. The van der Waals surface area contributed by atoms with E-state index in [1.807, 2.05) is 0 Å². The third kappa shape index (κ3) is 11.2.